The molecule has 0 fully saturated rings. The number of anilines is 1. The number of hydrogen-bond donors (Lipinski definition) is 4. The van der Waals surface area contributed by atoms with Crippen LogP contribution in [-0.2, 0) is 0 Å². The third kappa shape index (κ3) is 7.79. The van der Waals surface area contributed by atoms with E-state index in [9.17, 15) is 10.2 Å². The SMILES string of the molecule is C=C(CO)/N=C(\C=C(C)C)C(=N)c1cc(O)ccc1NC(C)CCCCC. The van der Waals surface area contributed by atoms with Crippen LogP contribution in [0.1, 0.15) is 58.9 Å². The molecule has 0 heterocycles. The summed E-state index contributed by atoms with van der Waals surface area (Å²) in [7, 11) is 0. The van der Waals surface area contributed by atoms with Gasteiger partial charge in [-0.15, -0.1) is 0 Å². The molecule has 4 N–H and O–H groups in total. The first-order valence-electron chi connectivity index (χ1n) is 9.49. The Kier molecular flexibility index (Phi) is 9.51. The van der Waals surface area contributed by atoms with Gasteiger partial charge in [0.15, 0.2) is 0 Å². The van der Waals surface area contributed by atoms with Gasteiger partial charge in [-0.3, -0.25) is 5.41 Å². The fourth-order valence-electron chi connectivity index (χ4n) is 2.68. The molecule has 1 rings (SSSR count). The summed E-state index contributed by atoms with van der Waals surface area (Å²) in [5, 5.41) is 31.3. The van der Waals surface area contributed by atoms with Gasteiger partial charge in [-0.25, -0.2) is 4.99 Å². The molecular weight excluding hydrogens is 338 g/mol. The van der Waals surface area contributed by atoms with E-state index in [1.807, 2.05) is 13.8 Å². The normalized spacial score (nSPS) is 12.4. The first-order chi connectivity index (χ1) is 12.8. The first-order valence-corrected chi connectivity index (χ1v) is 9.49. The van der Waals surface area contributed by atoms with Crippen molar-refractivity contribution in [3.05, 3.63) is 47.7 Å². The van der Waals surface area contributed by atoms with Crippen molar-refractivity contribution in [2.24, 2.45) is 4.99 Å². The molecular formula is C22H33N3O2. The molecule has 0 radical (unpaired) electrons. The molecule has 1 aromatic rings. The summed E-state index contributed by atoms with van der Waals surface area (Å²) >= 11 is 0. The van der Waals surface area contributed by atoms with Crippen molar-refractivity contribution < 1.29 is 10.2 Å². The standard InChI is InChI=1S/C22H33N3O2/c1-6-7-8-9-16(4)24-20-11-10-18(27)13-19(20)22(23)21(12-15(2)3)25-17(5)14-26/h10-13,16,23-24,26-27H,5-9,14H2,1-4H3/b23-22?,25-21+. The van der Waals surface area contributed by atoms with E-state index in [1.165, 1.54) is 12.8 Å². The number of rotatable bonds is 11. The summed E-state index contributed by atoms with van der Waals surface area (Å²) in [6.45, 7) is 11.6. The van der Waals surface area contributed by atoms with E-state index in [2.05, 4.69) is 30.7 Å². The van der Waals surface area contributed by atoms with E-state index in [1.54, 1.807) is 24.3 Å². The summed E-state index contributed by atoms with van der Waals surface area (Å²) in [5.41, 5.74) is 3.19. The number of benzene rings is 1. The second kappa shape index (κ2) is 11.3. The van der Waals surface area contributed by atoms with Crippen LogP contribution in [0.3, 0.4) is 0 Å². The zero-order valence-corrected chi connectivity index (χ0v) is 17.0. The Morgan fingerprint density at radius 1 is 1.33 bits per heavy atom. The van der Waals surface area contributed by atoms with Crippen molar-refractivity contribution in [2.45, 2.75) is 59.4 Å². The van der Waals surface area contributed by atoms with Crippen LogP contribution in [0.25, 0.3) is 0 Å². The number of unbranched alkanes of at least 4 members (excludes halogenated alkanes) is 2. The van der Waals surface area contributed by atoms with Crippen molar-refractivity contribution in [3.63, 3.8) is 0 Å². The van der Waals surface area contributed by atoms with Crippen LogP contribution in [0.15, 0.2) is 47.1 Å². The third-order valence-electron chi connectivity index (χ3n) is 4.06. The Balaban J connectivity index is 3.20. The van der Waals surface area contributed by atoms with Crippen molar-refractivity contribution >= 4 is 17.1 Å². The Bertz CT molecular complexity index is 716. The quantitative estimate of drug-likeness (QED) is 0.249. The van der Waals surface area contributed by atoms with Crippen LogP contribution in [0.5, 0.6) is 5.75 Å². The molecule has 1 aromatic carbocycles. The third-order valence-corrected chi connectivity index (χ3v) is 4.06. The second-order valence-electron chi connectivity index (χ2n) is 7.09. The summed E-state index contributed by atoms with van der Waals surface area (Å²) in [4.78, 5) is 4.28. The zero-order valence-electron chi connectivity index (χ0n) is 17.0. The van der Waals surface area contributed by atoms with E-state index >= 15 is 0 Å². The number of aliphatic imine (C=N–C) groups is 1. The van der Waals surface area contributed by atoms with E-state index in [-0.39, 0.29) is 29.8 Å². The molecule has 5 nitrogen and oxygen atoms in total. The maximum Gasteiger partial charge on any atom is 0.116 e. The van der Waals surface area contributed by atoms with Crippen LogP contribution in [0.4, 0.5) is 5.69 Å². The Labute approximate surface area is 163 Å². The summed E-state index contributed by atoms with van der Waals surface area (Å²) < 4.78 is 0. The second-order valence-corrected chi connectivity index (χ2v) is 7.09. The molecule has 0 aliphatic heterocycles. The maximum atomic E-state index is 9.95. The molecule has 5 heteroatoms. The highest BCUT2D eigenvalue weighted by Gasteiger charge is 2.15. The van der Waals surface area contributed by atoms with Gasteiger partial charge in [0.25, 0.3) is 0 Å². The number of aliphatic hydroxyl groups is 1. The molecule has 0 saturated heterocycles. The molecule has 0 aromatic heterocycles. The molecule has 0 amide bonds. The summed E-state index contributed by atoms with van der Waals surface area (Å²) in [6.07, 6.45) is 6.35. The number of nitrogens with one attached hydrogen (secondary N) is 2. The Morgan fingerprint density at radius 3 is 2.63 bits per heavy atom. The first kappa shape index (κ1) is 22.6. The van der Waals surface area contributed by atoms with Gasteiger partial charge in [0.05, 0.1) is 23.7 Å². The maximum absolute atomic E-state index is 9.95. The minimum Gasteiger partial charge on any atom is -0.508 e. The predicted octanol–water partition coefficient (Wildman–Crippen LogP) is 5.05. The molecule has 1 unspecified atom stereocenters. The van der Waals surface area contributed by atoms with Crippen molar-refractivity contribution in [3.8, 4) is 5.75 Å². The fourth-order valence-corrected chi connectivity index (χ4v) is 2.68. The number of phenols is 1. The highest BCUT2D eigenvalue weighted by molar-refractivity contribution is 6.52. The van der Waals surface area contributed by atoms with E-state index in [0.29, 0.717) is 11.3 Å². The number of phenolic OH excluding ortho intramolecular Hbond substituents is 1. The smallest absolute Gasteiger partial charge is 0.116 e. The highest BCUT2D eigenvalue weighted by atomic mass is 16.3. The Morgan fingerprint density at radius 2 is 2.04 bits per heavy atom. The molecule has 0 aliphatic rings. The predicted molar refractivity (Wildman–Crippen MR) is 115 cm³/mol. The average Bonchev–Trinajstić information content (AvgIpc) is 2.61. The lowest BCUT2D eigenvalue weighted by molar-refractivity contribution is 0.330. The lowest BCUT2D eigenvalue weighted by atomic mass is 10.0. The van der Waals surface area contributed by atoms with Crippen molar-refractivity contribution in [1.82, 2.24) is 0 Å². The molecule has 27 heavy (non-hydrogen) atoms. The van der Waals surface area contributed by atoms with Gasteiger partial charge in [0.1, 0.15) is 5.75 Å². The largest absolute Gasteiger partial charge is 0.508 e. The molecule has 0 spiro atoms. The molecule has 0 saturated carbocycles. The minimum atomic E-state index is -0.271. The number of aliphatic hydroxyl groups excluding tert-OH is 1. The van der Waals surface area contributed by atoms with Crippen molar-refractivity contribution in [2.75, 3.05) is 11.9 Å². The number of allylic oxidation sites excluding steroid dienone is 2. The van der Waals surface area contributed by atoms with E-state index in [4.69, 9.17) is 5.41 Å². The lowest BCUT2D eigenvalue weighted by Crippen LogP contribution is -2.20. The van der Waals surface area contributed by atoms with Gasteiger partial charge < -0.3 is 15.5 Å². The minimum absolute atomic E-state index is 0.0940. The van der Waals surface area contributed by atoms with Crippen LogP contribution in [-0.4, -0.2) is 34.3 Å². The van der Waals surface area contributed by atoms with Crippen LogP contribution in [0.2, 0.25) is 0 Å². The molecule has 0 aliphatic carbocycles. The van der Waals surface area contributed by atoms with Crippen molar-refractivity contribution in [1.29, 1.82) is 5.41 Å². The summed E-state index contributed by atoms with van der Waals surface area (Å²) in [5.74, 6) is 0.0940. The van der Waals surface area contributed by atoms with E-state index < -0.39 is 0 Å². The van der Waals surface area contributed by atoms with Gasteiger partial charge in [0, 0.05) is 17.3 Å². The fraction of sp³-hybridized carbons (Fsp3) is 0.455. The van der Waals surface area contributed by atoms with Crippen LogP contribution < -0.4 is 5.32 Å². The van der Waals surface area contributed by atoms with Crippen LogP contribution >= 0.6 is 0 Å². The summed E-state index contributed by atoms with van der Waals surface area (Å²) in [6, 6.07) is 5.22. The number of nitrogens with zero attached hydrogens (tertiary/aromatic N) is 1. The van der Waals surface area contributed by atoms with Gasteiger partial charge in [-0.1, -0.05) is 38.3 Å². The van der Waals surface area contributed by atoms with E-state index in [0.717, 1.165) is 24.1 Å². The van der Waals surface area contributed by atoms with Crippen LogP contribution in [0, 0.1) is 5.41 Å². The number of hydrogen-bond acceptors (Lipinski definition) is 5. The average molecular weight is 372 g/mol. The Hall–Kier alpha value is -2.40. The van der Waals surface area contributed by atoms with Gasteiger partial charge >= 0.3 is 0 Å². The highest BCUT2D eigenvalue weighted by Crippen LogP contribution is 2.24. The van der Waals surface area contributed by atoms with Gasteiger partial charge in [0.2, 0.25) is 0 Å². The lowest BCUT2D eigenvalue weighted by Gasteiger charge is -2.19. The molecule has 148 valence electrons. The zero-order chi connectivity index (χ0) is 20.4. The number of aromatic hydroxyl groups is 1. The topological polar surface area (TPSA) is 88.7 Å². The van der Waals surface area contributed by atoms with Gasteiger partial charge in [-0.05, 0) is 51.5 Å². The van der Waals surface area contributed by atoms with Gasteiger partial charge in [-0.2, -0.15) is 0 Å². The molecule has 1 atom stereocenters. The monoisotopic (exact) mass is 371 g/mol. The molecule has 0 bridgehead atoms.